The molecule has 1 N–H and O–H groups in total. The first kappa shape index (κ1) is 15.1. The predicted octanol–water partition coefficient (Wildman–Crippen LogP) is 4.52. The first-order valence-electron chi connectivity index (χ1n) is 6.34. The van der Waals surface area contributed by atoms with Crippen LogP contribution in [0.4, 0.5) is 0 Å². The minimum atomic E-state index is -0.0285. The van der Waals surface area contributed by atoms with Crippen LogP contribution < -0.4 is 5.32 Å². The third-order valence-electron chi connectivity index (χ3n) is 2.98. The Morgan fingerprint density at radius 1 is 1.25 bits per heavy atom. The van der Waals surface area contributed by atoms with Crippen molar-refractivity contribution in [2.24, 2.45) is 0 Å². The van der Waals surface area contributed by atoms with Crippen LogP contribution >= 0.6 is 27.5 Å². The van der Waals surface area contributed by atoms with E-state index in [1.807, 2.05) is 49.4 Å². The lowest BCUT2D eigenvalue weighted by atomic mass is 10.1. The summed E-state index contributed by atoms with van der Waals surface area (Å²) in [6, 6.07) is 15.2. The summed E-state index contributed by atoms with van der Waals surface area (Å²) in [5, 5.41) is 3.64. The highest BCUT2D eigenvalue weighted by Gasteiger charge is 2.10. The molecule has 0 bridgehead atoms. The summed E-state index contributed by atoms with van der Waals surface area (Å²) in [5.74, 6) is -0.0141. The van der Waals surface area contributed by atoms with E-state index < -0.39 is 0 Å². The largest absolute Gasteiger partial charge is 0.349 e. The molecule has 0 aromatic heterocycles. The van der Waals surface area contributed by atoms with Crippen molar-refractivity contribution in [1.82, 2.24) is 5.32 Å². The maximum absolute atomic E-state index is 12.0. The monoisotopic (exact) mass is 351 g/mol. The number of hydrogen-bond donors (Lipinski definition) is 1. The highest BCUT2D eigenvalue weighted by molar-refractivity contribution is 9.10. The Morgan fingerprint density at radius 2 is 2.00 bits per heavy atom. The van der Waals surface area contributed by atoms with Gasteiger partial charge < -0.3 is 5.32 Å². The predicted molar refractivity (Wildman–Crippen MR) is 85.9 cm³/mol. The second-order valence-electron chi connectivity index (χ2n) is 4.65. The molecule has 1 atom stereocenters. The lowest BCUT2D eigenvalue weighted by Gasteiger charge is -2.14. The Hall–Kier alpha value is -1.32. The molecule has 4 heteroatoms. The van der Waals surface area contributed by atoms with Gasteiger partial charge in [0.25, 0.3) is 0 Å². The molecule has 2 aromatic rings. The summed E-state index contributed by atoms with van der Waals surface area (Å²) in [6.07, 6.45) is 0.332. The fourth-order valence-electron chi connectivity index (χ4n) is 1.98. The van der Waals surface area contributed by atoms with Gasteiger partial charge in [-0.05, 0) is 42.3 Å². The van der Waals surface area contributed by atoms with Crippen LogP contribution in [0.25, 0.3) is 0 Å². The number of amides is 1. The maximum Gasteiger partial charge on any atom is 0.224 e. The number of carbonyl (C=O) groups excluding carboxylic acids is 1. The van der Waals surface area contributed by atoms with E-state index in [-0.39, 0.29) is 11.9 Å². The fourth-order valence-corrected chi connectivity index (χ4v) is 2.61. The van der Waals surface area contributed by atoms with E-state index in [9.17, 15) is 4.79 Å². The third kappa shape index (κ3) is 4.36. The molecule has 2 rings (SSSR count). The molecule has 104 valence electrons. The molecular weight excluding hydrogens is 338 g/mol. The Labute approximate surface area is 132 Å². The second-order valence-corrected chi connectivity index (χ2v) is 6.00. The maximum atomic E-state index is 12.0. The Balaban J connectivity index is 1.97. The van der Waals surface area contributed by atoms with Gasteiger partial charge in [-0.2, -0.15) is 0 Å². The van der Waals surface area contributed by atoms with Gasteiger partial charge in [0.15, 0.2) is 0 Å². The highest BCUT2D eigenvalue weighted by atomic mass is 79.9. The van der Waals surface area contributed by atoms with E-state index in [2.05, 4.69) is 21.2 Å². The highest BCUT2D eigenvalue weighted by Crippen LogP contribution is 2.18. The van der Waals surface area contributed by atoms with Gasteiger partial charge in [-0.1, -0.05) is 51.8 Å². The van der Waals surface area contributed by atoms with Crippen LogP contribution in [0.3, 0.4) is 0 Å². The van der Waals surface area contributed by atoms with Crippen LogP contribution in [0.5, 0.6) is 0 Å². The molecule has 0 spiro atoms. The zero-order valence-corrected chi connectivity index (χ0v) is 13.4. The average molecular weight is 353 g/mol. The molecule has 1 amide bonds. The number of rotatable bonds is 4. The van der Waals surface area contributed by atoms with Gasteiger partial charge in [0.05, 0.1) is 12.5 Å². The third-order valence-corrected chi connectivity index (χ3v) is 3.71. The van der Waals surface area contributed by atoms with Crippen LogP contribution in [0, 0.1) is 0 Å². The number of benzene rings is 2. The summed E-state index contributed by atoms with van der Waals surface area (Å²) < 4.78 is 1.01. The Kier molecular flexibility index (Phi) is 5.21. The van der Waals surface area contributed by atoms with Crippen molar-refractivity contribution in [1.29, 1.82) is 0 Å². The lowest BCUT2D eigenvalue weighted by Crippen LogP contribution is -2.28. The van der Waals surface area contributed by atoms with Crippen LogP contribution in [0.2, 0.25) is 5.02 Å². The molecule has 0 aliphatic carbocycles. The van der Waals surface area contributed by atoms with Gasteiger partial charge in [-0.25, -0.2) is 0 Å². The first-order chi connectivity index (χ1) is 9.54. The number of nitrogens with one attached hydrogen (secondary N) is 1. The van der Waals surface area contributed by atoms with Crippen molar-refractivity contribution >= 4 is 33.4 Å². The van der Waals surface area contributed by atoms with Crippen molar-refractivity contribution in [2.75, 3.05) is 0 Å². The average Bonchev–Trinajstić information content (AvgIpc) is 2.38. The number of halogens is 2. The molecule has 20 heavy (non-hydrogen) atoms. The topological polar surface area (TPSA) is 29.1 Å². The van der Waals surface area contributed by atoms with Gasteiger partial charge in [0, 0.05) is 9.50 Å². The smallest absolute Gasteiger partial charge is 0.224 e. The molecule has 0 aliphatic rings. The second kappa shape index (κ2) is 6.91. The zero-order valence-electron chi connectivity index (χ0n) is 11.1. The van der Waals surface area contributed by atoms with Crippen LogP contribution in [0.1, 0.15) is 24.1 Å². The minimum Gasteiger partial charge on any atom is -0.349 e. The van der Waals surface area contributed by atoms with Crippen molar-refractivity contribution in [3.63, 3.8) is 0 Å². The van der Waals surface area contributed by atoms with Gasteiger partial charge in [-0.15, -0.1) is 0 Å². The molecule has 0 heterocycles. The van der Waals surface area contributed by atoms with Crippen molar-refractivity contribution in [2.45, 2.75) is 19.4 Å². The van der Waals surface area contributed by atoms with Gasteiger partial charge in [0.2, 0.25) is 5.91 Å². The summed E-state index contributed by atoms with van der Waals surface area (Å²) >= 11 is 9.34. The summed E-state index contributed by atoms with van der Waals surface area (Å²) in [6.45, 7) is 1.97. The van der Waals surface area contributed by atoms with Gasteiger partial charge >= 0.3 is 0 Å². The molecule has 2 aromatic carbocycles. The Morgan fingerprint density at radius 3 is 2.70 bits per heavy atom. The van der Waals surface area contributed by atoms with Gasteiger partial charge in [0.1, 0.15) is 0 Å². The van der Waals surface area contributed by atoms with Crippen LogP contribution in [-0.4, -0.2) is 5.91 Å². The SMILES string of the molecule is CC(NC(=O)Cc1cccc(Cl)c1)c1cccc(Br)c1. The zero-order chi connectivity index (χ0) is 14.5. The summed E-state index contributed by atoms with van der Waals surface area (Å²) in [7, 11) is 0. The quantitative estimate of drug-likeness (QED) is 0.861. The van der Waals surface area contributed by atoms with Crippen molar-refractivity contribution < 1.29 is 4.79 Å². The normalized spacial score (nSPS) is 11.9. The Bertz CT molecular complexity index is 615. The minimum absolute atomic E-state index is 0.0141. The van der Waals surface area contributed by atoms with E-state index in [1.54, 1.807) is 6.07 Å². The molecule has 0 radical (unpaired) electrons. The number of carbonyl (C=O) groups is 1. The molecule has 0 fully saturated rings. The first-order valence-corrected chi connectivity index (χ1v) is 7.51. The van der Waals surface area contributed by atoms with E-state index in [1.165, 1.54) is 0 Å². The standard InChI is InChI=1S/C16H15BrClNO/c1-11(13-5-3-6-14(17)10-13)19-16(20)9-12-4-2-7-15(18)8-12/h2-8,10-11H,9H2,1H3,(H,19,20). The molecule has 1 unspecified atom stereocenters. The fraction of sp³-hybridized carbons (Fsp3) is 0.188. The lowest BCUT2D eigenvalue weighted by molar-refractivity contribution is -0.121. The molecule has 0 saturated carbocycles. The van der Waals surface area contributed by atoms with Crippen molar-refractivity contribution in [3.8, 4) is 0 Å². The van der Waals surface area contributed by atoms with Crippen LogP contribution in [0.15, 0.2) is 53.0 Å². The molecule has 2 nitrogen and oxygen atoms in total. The van der Waals surface area contributed by atoms with E-state index in [4.69, 9.17) is 11.6 Å². The van der Waals surface area contributed by atoms with E-state index in [0.29, 0.717) is 11.4 Å². The molecular formula is C16H15BrClNO. The van der Waals surface area contributed by atoms with E-state index >= 15 is 0 Å². The van der Waals surface area contributed by atoms with Crippen molar-refractivity contribution in [3.05, 3.63) is 69.2 Å². The summed E-state index contributed by atoms with van der Waals surface area (Å²) in [5.41, 5.74) is 1.98. The molecule has 0 aliphatic heterocycles. The summed E-state index contributed by atoms with van der Waals surface area (Å²) in [4.78, 5) is 12.0. The molecule has 0 saturated heterocycles. The van der Waals surface area contributed by atoms with E-state index in [0.717, 1.165) is 15.6 Å². The number of hydrogen-bond acceptors (Lipinski definition) is 1. The van der Waals surface area contributed by atoms with Gasteiger partial charge in [-0.3, -0.25) is 4.79 Å². The van der Waals surface area contributed by atoms with Crippen LogP contribution in [-0.2, 0) is 11.2 Å².